The Morgan fingerprint density at radius 1 is 1.03 bits per heavy atom. The minimum Gasteiger partial charge on any atom is -0.493 e. The first-order chi connectivity index (χ1) is 17.5. The maximum absolute atomic E-state index is 13.0. The Hall–Kier alpha value is -3.48. The number of methoxy groups -OCH3 is 1. The first kappa shape index (κ1) is 25.6. The number of halogens is 1. The molecule has 1 heterocycles. The van der Waals surface area contributed by atoms with E-state index in [2.05, 4.69) is 6.58 Å². The van der Waals surface area contributed by atoms with Crippen molar-refractivity contribution >= 4 is 40.6 Å². The van der Waals surface area contributed by atoms with Crippen LogP contribution in [0.5, 0.6) is 11.5 Å². The van der Waals surface area contributed by atoms with Gasteiger partial charge in [-0.15, -0.1) is 6.58 Å². The van der Waals surface area contributed by atoms with E-state index in [4.69, 9.17) is 21.1 Å². The molecule has 0 aliphatic carbocycles. The van der Waals surface area contributed by atoms with Gasteiger partial charge in [-0.25, -0.2) is 0 Å². The zero-order valence-electron chi connectivity index (χ0n) is 19.9. The molecule has 36 heavy (non-hydrogen) atoms. The van der Waals surface area contributed by atoms with Gasteiger partial charge in [-0.3, -0.25) is 14.5 Å². The van der Waals surface area contributed by atoms with E-state index < -0.39 is 0 Å². The molecule has 3 aromatic rings. The van der Waals surface area contributed by atoms with Crippen molar-refractivity contribution in [1.82, 2.24) is 4.90 Å². The number of rotatable bonds is 10. The van der Waals surface area contributed by atoms with Crippen molar-refractivity contribution in [3.05, 3.63) is 112 Å². The number of nitrogens with zero attached hydrogens (tertiary/aromatic N) is 1. The summed E-state index contributed by atoms with van der Waals surface area (Å²) in [5.41, 5.74) is 3.66. The summed E-state index contributed by atoms with van der Waals surface area (Å²) in [6, 6.07) is 21.0. The highest BCUT2D eigenvalue weighted by atomic mass is 35.5. The van der Waals surface area contributed by atoms with Crippen molar-refractivity contribution < 1.29 is 19.1 Å². The number of ether oxygens (including phenoxy) is 2. The van der Waals surface area contributed by atoms with Crippen LogP contribution < -0.4 is 9.47 Å². The second-order valence-corrected chi connectivity index (χ2v) is 9.62. The van der Waals surface area contributed by atoms with Gasteiger partial charge in [0.15, 0.2) is 11.5 Å². The molecule has 1 saturated heterocycles. The largest absolute Gasteiger partial charge is 0.493 e. The lowest BCUT2D eigenvalue weighted by Crippen LogP contribution is -2.30. The Balaban J connectivity index is 1.54. The predicted molar refractivity (Wildman–Crippen MR) is 146 cm³/mol. The molecular formula is C29H26ClNO4S. The average Bonchev–Trinajstić information content (AvgIpc) is 3.15. The van der Waals surface area contributed by atoms with E-state index in [0.29, 0.717) is 47.4 Å². The van der Waals surface area contributed by atoms with Crippen LogP contribution in [-0.2, 0) is 24.2 Å². The van der Waals surface area contributed by atoms with Crippen molar-refractivity contribution in [1.29, 1.82) is 0 Å². The lowest BCUT2D eigenvalue weighted by molar-refractivity contribution is -0.122. The molecular weight excluding hydrogens is 494 g/mol. The summed E-state index contributed by atoms with van der Waals surface area (Å²) < 4.78 is 11.7. The van der Waals surface area contributed by atoms with E-state index in [-0.39, 0.29) is 11.1 Å². The second-order valence-electron chi connectivity index (χ2n) is 8.19. The highest BCUT2D eigenvalue weighted by Crippen LogP contribution is 2.37. The van der Waals surface area contributed by atoms with Gasteiger partial charge in [-0.2, -0.15) is 0 Å². The van der Waals surface area contributed by atoms with Crippen molar-refractivity contribution in [2.45, 2.75) is 19.4 Å². The maximum Gasteiger partial charge on any atom is 0.293 e. The zero-order valence-corrected chi connectivity index (χ0v) is 21.5. The fourth-order valence-corrected chi connectivity index (χ4v) is 4.85. The monoisotopic (exact) mass is 519 g/mol. The smallest absolute Gasteiger partial charge is 0.293 e. The molecule has 0 radical (unpaired) electrons. The van der Waals surface area contributed by atoms with Gasteiger partial charge < -0.3 is 9.47 Å². The lowest BCUT2D eigenvalue weighted by atomic mass is 10.0. The minimum absolute atomic E-state index is 0.261. The van der Waals surface area contributed by atoms with Crippen molar-refractivity contribution in [3.8, 4) is 11.5 Å². The van der Waals surface area contributed by atoms with Crippen LogP contribution in [0, 0.1) is 0 Å². The Morgan fingerprint density at radius 3 is 2.47 bits per heavy atom. The van der Waals surface area contributed by atoms with E-state index in [0.717, 1.165) is 34.0 Å². The van der Waals surface area contributed by atoms with Crippen LogP contribution in [0.2, 0.25) is 5.02 Å². The predicted octanol–water partition coefficient (Wildman–Crippen LogP) is 6.94. The number of carbonyl (C=O) groups is 2. The minimum atomic E-state index is -0.284. The standard InChI is InChI=1S/C29H26ClNO4S/c1-3-7-23-16-22(17-25(34-2)27(23)35-19-21-10-12-24(30)13-11-21)18-26-28(32)31(29(33)36-26)15-14-20-8-5-4-6-9-20/h3-6,8-13,16-18H,1,7,14-15,19H2,2H3/b26-18-. The summed E-state index contributed by atoms with van der Waals surface area (Å²) in [7, 11) is 1.57. The molecule has 0 atom stereocenters. The third-order valence-corrected chi connectivity index (χ3v) is 6.83. The Morgan fingerprint density at radius 2 is 1.78 bits per heavy atom. The zero-order chi connectivity index (χ0) is 25.5. The molecule has 7 heteroatoms. The van der Waals surface area contributed by atoms with Crippen LogP contribution >= 0.6 is 23.4 Å². The van der Waals surface area contributed by atoms with Gasteiger partial charge >= 0.3 is 0 Å². The normalized spacial score (nSPS) is 14.4. The van der Waals surface area contributed by atoms with E-state index in [1.807, 2.05) is 66.7 Å². The molecule has 1 aliphatic rings. The van der Waals surface area contributed by atoms with Gasteiger partial charge in [0.1, 0.15) is 6.61 Å². The van der Waals surface area contributed by atoms with Crippen LogP contribution in [0.1, 0.15) is 22.3 Å². The molecule has 3 aromatic carbocycles. The van der Waals surface area contributed by atoms with Gasteiger partial charge in [0.05, 0.1) is 12.0 Å². The number of imide groups is 1. The van der Waals surface area contributed by atoms with Gasteiger partial charge in [-0.1, -0.05) is 60.1 Å². The quantitative estimate of drug-likeness (QED) is 0.214. The fraction of sp³-hybridized carbons (Fsp3) is 0.172. The number of carbonyl (C=O) groups excluding carboxylic acids is 2. The van der Waals surface area contributed by atoms with E-state index in [1.54, 1.807) is 19.3 Å². The molecule has 0 bridgehead atoms. The fourth-order valence-electron chi connectivity index (χ4n) is 3.86. The first-order valence-corrected chi connectivity index (χ1v) is 12.7. The number of hydrogen-bond acceptors (Lipinski definition) is 5. The van der Waals surface area contributed by atoms with Gasteiger partial charge in [0, 0.05) is 17.1 Å². The molecule has 1 fully saturated rings. The third kappa shape index (κ3) is 6.20. The topological polar surface area (TPSA) is 55.8 Å². The number of thioether (sulfide) groups is 1. The van der Waals surface area contributed by atoms with Crippen LogP contribution in [0.25, 0.3) is 6.08 Å². The summed E-state index contributed by atoms with van der Waals surface area (Å²) in [6.07, 6.45) is 4.67. The van der Waals surface area contributed by atoms with Crippen molar-refractivity contribution in [2.24, 2.45) is 0 Å². The average molecular weight is 520 g/mol. The summed E-state index contributed by atoms with van der Waals surface area (Å²) in [4.78, 5) is 27.2. The molecule has 0 N–H and O–H groups in total. The summed E-state index contributed by atoms with van der Waals surface area (Å²) in [5, 5.41) is 0.404. The highest BCUT2D eigenvalue weighted by molar-refractivity contribution is 8.18. The molecule has 184 valence electrons. The Labute approximate surface area is 220 Å². The summed E-state index contributed by atoms with van der Waals surface area (Å²) >= 11 is 6.93. The molecule has 5 nitrogen and oxygen atoms in total. The number of allylic oxidation sites excluding steroid dienone is 1. The van der Waals surface area contributed by atoms with Gasteiger partial charge in [0.25, 0.3) is 11.1 Å². The molecule has 4 rings (SSSR count). The number of hydrogen-bond donors (Lipinski definition) is 0. The summed E-state index contributed by atoms with van der Waals surface area (Å²) in [5.74, 6) is 0.867. The molecule has 0 unspecified atom stereocenters. The van der Waals surface area contributed by atoms with Gasteiger partial charge in [-0.05, 0) is 71.6 Å². The molecule has 0 aromatic heterocycles. The molecule has 0 spiro atoms. The van der Waals surface area contributed by atoms with E-state index in [1.165, 1.54) is 4.90 Å². The number of amides is 2. The maximum atomic E-state index is 13.0. The van der Waals surface area contributed by atoms with Crippen LogP contribution in [-0.4, -0.2) is 29.7 Å². The van der Waals surface area contributed by atoms with Crippen LogP contribution in [0.3, 0.4) is 0 Å². The summed E-state index contributed by atoms with van der Waals surface area (Å²) in [6.45, 7) is 4.54. The third-order valence-electron chi connectivity index (χ3n) is 5.67. The Bertz CT molecular complexity index is 1290. The van der Waals surface area contributed by atoms with Crippen molar-refractivity contribution in [3.63, 3.8) is 0 Å². The Kier molecular flexibility index (Phi) is 8.52. The molecule has 2 amide bonds. The molecule has 0 saturated carbocycles. The van der Waals surface area contributed by atoms with Crippen LogP contribution in [0.15, 0.2) is 84.3 Å². The van der Waals surface area contributed by atoms with Gasteiger partial charge in [0.2, 0.25) is 0 Å². The van der Waals surface area contributed by atoms with Crippen LogP contribution in [0.4, 0.5) is 4.79 Å². The number of benzene rings is 3. The van der Waals surface area contributed by atoms with E-state index in [9.17, 15) is 9.59 Å². The lowest BCUT2D eigenvalue weighted by Gasteiger charge is -2.16. The van der Waals surface area contributed by atoms with E-state index >= 15 is 0 Å². The highest BCUT2D eigenvalue weighted by Gasteiger charge is 2.34. The molecule has 1 aliphatic heterocycles. The first-order valence-electron chi connectivity index (χ1n) is 11.5. The SMILES string of the molecule is C=CCc1cc(/C=C2\SC(=O)N(CCc3ccccc3)C2=O)cc(OC)c1OCc1ccc(Cl)cc1. The van der Waals surface area contributed by atoms with Crippen molar-refractivity contribution in [2.75, 3.05) is 13.7 Å². The second kappa shape index (κ2) is 12.0.